The van der Waals surface area contributed by atoms with Crippen LogP contribution in [0.3, 0.4) is 0 Å². The van der Waals surface area contributed by atoms with Crippen LogP contribution < -0.4 is 20.1 Å². The maximum absolute atomic E-state index is 13.0. The van der Waals surface area contributed by atoms with Crippen LogP contribution in [0, 0.1) is 5.92 Å². The minimum atomic E-state index is -1.11. The molecule has 3 rings (SSSR count). The van der Waals surface area contributed by atoms with Crippen molar-refractivity contribution in [2.45, 2.75) is 52.7 Å². The number of hydrogen-bond acceptors (Lipinski definition) is 6. The molecule has 1 aliphatic rings. The summed E-state index contributed by atoms with van der Waals surface area (Å²) in [6, 6.07) is 6.89. The van der Waals surface area contributed by atoms with Crippen LogP contribution in [-0.4, -0.2) is 65.2 Å². The number of benzene rings is 1. The van der Waals surface area contributed by atoms with Gasteiger partial charge in [0.25, 0.3) is 11.8 Å². The number of amides is 3. The van der Waals surface area contributed by atoms with Crippen LogP contribution in [0.2, 0.25) is 0 Å². The van der Waals surface area contributed by atoms with E-state index in [9.17, 15) is 14.4 Å². The Morgan fingerprint density at radius 1 is 1.20 bits per heavy atom. The van der Waals surface area contributed by atoms with Crippen LogP contribution in [-0.2, 0) is 17.9 Å². The first-order chi connectivity index (χ1) is 16.6. The molecule has 0 aliphatic carbocycles. The Hall–Kier alpha value is -3.56. The maximum Gasteiger partial charge on any atom is 0.272 e. The normalized spacial score (nSPS) is 17.2. The fraction of sp³-hybridized carbons (Fsp3) is 0.520. The SMILES string of the molecule is CCOc1ccc(CNC(=O)c2cc3n(n2)CC(C)(C(=O)NCCC(C)C)N(C)C3=O)cc1OC. The summed E-state index contributed by atoms with van der Waals surface area (Å²) in [5.74, 6) is 0.641. The zero-order valence-corrected chi connectivity index (χ0v) is 21.3. The van der Waals surface area contributed by atoms with Crippen molar-refractivity contribution in [3.63, 3.8) is 0 Å². The van der Waals surface area contributed by atoms with Crippen molar-refractivity contribution in [3.05, 3.63) is 41.2 Å². The summed E-state index contributed by atoms with van der Waals surface area (Å²) in [4.78, 5) is 40.2. The molecule has 0 spiro atoms. The molecule has 2 heterocycles. The number of nitrogens with one attached hydrogen (secondary N) is 2. The molecule has 1 aromatic heterocycles. The first-order valence-corrected chi connectivity index (χ1v) is 11.8. The molecule has 10 heteroatoms. The molecule has 2 N–H and O–H groups in total. The summed E-state index contributed by atoms with van der Waals surface area (Å²) in [5, 5.41) is 10.1. The molecule has 0 bridgehead atoms. The van der Waals surface area contributed by atoms with Crippen LogP contribution in [0.4, 0.5) is 0 Å². The lowest BCUT2D eigenvalue weighted by Crippen LogP contribution is -2.62. The van der Waals surface area contributed by atoms with Crippen LogP contribution >= 0.6 is 0 Å². The van der Waals surface area contributed by atoms with E-state index in [1.807, 2.05) is 13.0 Å². The fourth-order valence-electron chi connectivity index (χ4n) is 3.87. The van der Waals surface area contributed by atoms with Crippen molar-refractivity contribution in [3.8, 4) is 11.5 Å². The third-order valence-electron chi connectivity index (χ3n) is 6.21. The Morgan fingerprint density at radius 2 is 1.94 bits per heavy atom. The van der Waals surface area contributed by atoms with E-state index in [-0.39, 0.29) is 36.3 Å². The summed E-state index contributed by atoms with van der Waals surface area (Å²) in [7, 11) is 3.15. The van der Waals surface area contributed by atoms with Gasteiger partial charge in [-0.25, -0.2) is 0 Å². The second-order valence-corrected chi connectivity index (χ2v) is 9.25. The van der Waals surface area contributed by atoms with Gasteiger partial charge < -0.3 is 25.0 Å². The number of carbonyl (C=O) groups is 3. The van der Waals surface area contributed by atoms with E-state index in [0.717, 1.165) is 12.0 Å². The van der Waals surface area contributed by atoms with E-state index in [0.29, 0.717) is 30.6 Å². The maximum atomic E-state index is 13.0. The Kier molecular flexibility index (Phi) is 8.03. The van der Waals surface area contributed by atoms with Crippen LogP contribution in [0.25, 0.3) is 0 Å². The molecule has 10 nitrogen and oxygen atoms in total. The van der Waals surface area contributed by atoms with Gasteiger partial charge in [0.1, 0.15) is 11.2 Å². The Labute approximate surface area is 206 Å². The molecule has 0 saturated heterocycles. The molecule has 2 aromatic rings. The van der Waals surface area contributed by atoms with Crippen LogP contribution in [0.5, 0.6) is 11.5 Å². The van der Waals surface area contributed by atoms with Gasteiger partial charge in [-0.05, 0) is 43.9 Å². The predicted molar refractivity (Wildman–Crippen MR) is 131 cm³/mol. The van der Waals surface area contributed by atoms with Crippen molar-refractivity contribution < 1.29 is 23.9 Å². The lowest BCUT2D eigenvalue weighted by atomic mass is 9.95. The summed E-state index contributed by atoms with van der Waals surface area (Å²) >= 11 is 0. The number of hydrogen-bond donors (Lipinski definition) is 2. The van der Waals surface area contributed by atoms with E-state index in [1.165, 1.54) is 15.6 Å². The highest BCUT2D eigenvalue weighted by atomic mass is 16.5. The Bertz CT molecular complexity index is 1100. The van der Waals surface area contributed by atoms with E-state index >= 15 is 0 Å². The molecule has 35 heavy (non-hydrogen) atoms. The Balaban J connectivity index is 1.71. The number of carbonyl (C=O) groups excluding carboxylic acids is 3. The highest BCUT2D eigenvalue weighted by molar-refractivity contribution is 6.01. The molecule has 1 atom stereocenters. The zero-order chi connectivity index (χ0) is 25.8. The monoisotopic (exact) mass is 485 g/mol. The summed E-state index contributed by atoms with van der Waals surface area (Å²) in [6.07, 6.45) is 0.844. The fourth-order valence-corrected chi connectivity index (χ4v) is 3.87. The van der Waals surface area contributed by atoms with Gasteiger partial charge in [0, 0.05) is 26.2 Å². The number of likely N-dealkylation sites (N-methyl/N-ethyl adjacent to an activating group) is 1. The van der Waals surface area contributed by atoms with E-state index < -0.39 is 11.4 Å². The van der Waals surface area contributed by atoms with Gasteiger partial charge in [0.05, 0.1) is 20.3 Å². The summed E-state index contributed by atoms with van der Waals surface area (Å²) in [6.45, 7) is 9.21. The smallest absolute Gasteiger partial charge is 0.272 e. The third-order valence-corrected chi connectivity index (χ3v) is 6.21. The molecule has 3 amide bonds. The molecule has 1 unspecified atom stereocenters. The molecule has 1 aliphatic heterocycles. The lowest BCUT2D eigenvalue weighted by molar-refractivity contribution is -0.132. The third kappa shape index (κ3) is 5.58. The van der Waals surface area contributed by atoms with Gasteiger partial charge in [-0.3, -0.25) is 19.1 Å². The predicted octanol–water partition coefficient (Wildman–Crippen LogP) is 2.23. The van der Waals surface area contributed by atoms with E-state index in [1.54, 1.807) is 33.2 Å². The largest absolute Gasteiger partial charge is 0.493 e. The van der Waals surface area contributed by atoms with Gasteiger partial charge in [0.15, 0.2) is 17.2 Å². The lowest BCUT2D eigenvalue weighted by Gasteiger charge is -2.40. The van der Waals surface area contributed by atoms with Gasteiger partial charge in [0.2, 0.25) is 5.91 Å². The van der Waals surface area contributed by atoms with Gasteiger partial charge in [-0.2, -0.15) is 5.10 Å². The van der Waals surface area contributed by atoms with Gasteiger partial charge >= 0.3 is 0 Å². The van der Waals surface area contributed by atoms with Crippen molar-refractivity contribution in [1.29, 1.82) is 0 Å². The molecular formula is C25H35N5O5. The highest BCUT2D eigenvalue weighted by Gasteiger charge is 2.46. The van der Waals surface area contributed by atoms with E-state index in [2.05, 4.69) is 29.6 Å². The molecular weight excluding hydrogens is 450 g/mol. The van der Waals surface area contributed by atoms with E-state index in [4.69, 9.17) is 9.47 Å². The quantitative estimate of drug-likeness (QED) is 0.533. The number of fused-ring (bicyclic) bond motifs is 1. The Morgan fingerprint density at radius 3 is 2.60 bits per heavy atom. The minimum absolute atomic E-state index is 0.115. The van der Waals surface area contributed by atoms with Crippen LogP contribution in [0.1, 0.15) is 60.7 Å². The average Bonchev–Trinajstić information content (AvgIpc) is 3.25. The molecule has 190 valence electrons. The molecule has 0 saturated carbocycles. The van der Waals surface area contributed by atoms with Gasteiger partial charge in [-0.15, -0.1) is 0 Å². The topological polar surface area (TPSA) is 115 Å². The van der Waals surface area contributed by atoms with Crippen molar-refractivity contribution in [2.24, 2.45) is 5.92 Å². The molecule has 0 radical (unpaired) electrons. The van der Waals surface area contributed by atoms with Crippen molar-refractivity contribution in [1.82, 2.24) is 25.3 Å². The number of ether oxygens (including phenoxy) is 2. The summed E-state index contributed by atoms with van der Waals surface area (Å²) < 4.78 is 12.3. The first kappa shape index (κ1) is 26.1. The molecule has 1 aromatic carbocycles. The van der Waals surface area contributed by atoms with Crippen molar-refractivity contribution in [2.75, 3.05) is 27.3 Å². The standard InChI is InChI=1S/C25H35N5O5/c1-7-35-20-9-8-17(12-21(20)34-6)14-27-22(31)18-13-19-23(32)29(5)25(4,15-30(19)28-18)24(33)26-11-10-16(2)3/h8-9,12-13,16H,7,10-11,14-15H2,1-6H3,(H,26,33)(H,27,31). The second-order valence-electron chi connectivity index (χ2n) is 9.25. The summed E-state index contributed by atoms with van der Waals surface area (Å²) in [5.41, 5.74) is 0.0979. The number of aromatic nitrogens is 2. The first-order valence-electron chi connectivity index (χ1n) is 11.8. The minimum Gasteiger partial charge on any atom is -0.493 e. The van der Waals surface area contributed by atoms with Crippen molar-refractivity contribution >= 4 is 17.7 Å². The van der Waals surface area contributed by atoms with Crippen LogP contribution in [0.15, 0.2) is 24.3 Å². The number of rotatable bonds is 10. The van der Waals surface area contributed by atoms with Gasteiger partial charge in [-0.1, -0.05) is 19.9 Å². The number of methoxy groups -OCH3 is 1. The number of nitrogens with zero attached hydrogens (tertiary/aromatic N) is 3. The molecule has 0 fully saturated rings. The average molecular weight is 486 g/mol. The second kappa shape index (κ2) is 10.8. The highest BCUT2D eigenvalue weighted by Crippen LogP contribution is 2.28. The zero-order valence-electron chi connectivity index (χ0n) is 21.3.